The van der Waals surface area contributed by atoms with Gasteiger partial charge in [0.15, 0.2) is 0 Å². The molecule has 3 N–H and O–H groups in total. The number of benzene rings is 2. The van der Waals surface area contributed by atoms with Crippen molar-refractivity contribution in [3.05, 3.63) is 60.2 Å². The van der Waals surface area contributed by atoms with Gasteiger partial charge in [-0.3, -0.25) is 0 Å². The Hall–Kier alpha value is -1.84. The number of ether oxygens (including phenoxy) is 1. The maximum Gasteiger partial charge on any atom is 0.127 e. The molecule has 2 rings (SSSR count). The summed E-state index contributed by atoms with van der Waals surface area (Å²) in [5.74, 6) is 1.91. The fourth-order valence-electron chi connectivity index (χ4n) is 2.69. The van der Waals surface area contributed by atoms with Crippen LogP contribution in [0.1, 0.15) is 44.6 Å². The van der Waals surface area contributed by atoms with Crippen LogP contribution in [0.25, 0.3) is 0 Å². The second kappa shape index (κ2) is 8.70. The summed E-state index contributed by atoms with van der Waals surface area (Å²) < 4.78 is 5.79. The molecule has 0 aliphatic rings. The van der Waals surface area contributed by atoms with Crippen molar-refractivity contribution in [3.8, 4) is 11.5 Å². The second-order valence-electron chi connectivity index (χ2n) is 6.14. The average molecular weight is 313 g/mol. The van der Waals surface area contributed by atoms with Crippen molar-refractivity contribution in [2.75, 3.05) is 0 Å². The van der Waals surface area contributed by atoms with Crippen molar-refractivity contribution in [2.24, 2.45) is 5.73 Å². The Labute approximate surface area is 139 Å². The minimum absolute atomic E-state index is 0.136. The van der Waals surface area contributed by atoms with Gasteiger partial charge in [-0.05, 0) is 48.6 Å². The highest BCUT2D eigenvalue weighted by Crippen LogP contribution is 2.26. The van der Waals surface area contributed by atoms with Gasteiger partial charge >= 0.3 is 0 Å². The van der Waals surface area contributed by atoms with Gasteiger partial charge < -0.3 is 15.6 Å². The van der Waals surface area contributed by atoms with E-state index in [0.717, 1.165) is 24.3 Å². The number of para-hydroxylation sites is 1. The zero-order valence-corrected chi connectivity index (χ0v) is 14.0. The van der Waals surface area contributed by atoms with Crippen molar-refractivity contribution >= 4 is 0 Å². The lowest BCUT2D eigenvalue weighted by Gasteiger charge is -2.22. The molecule has 2 aromatic rings. The Bertz CT molecular complexity index is 568. The summed E-state index contributed by atoms with van der Waals surface area (Å²) in [7, 11) is 0. The molecule has 124 valence electrons. The molecule has 0 spiro atoms. The first-order valence-electron chi connectivity index (χ1n) is 8.36. The molecule has 2 aromatic carbocycles. The van der Waals surface area contributed by atoms with Crippen LogP contribution in [-0.4, -0.2) is 17.3 Å². The Morgan fingerprint density at radius 1 is 1.00 bits per heavy atom. The van der Waals surface area contributed by atoms with E-state index in [1.807, 2.05) is 42.5 Å². The predicted molar refractivity (Wildman–Crippen MR) is 94.9 cm³/mol. The van der Waals surface area contributed by atoms with E-state index in [1.165, 1.54) is 5.56 Å². The summed E-state index contributed by atoms with van der Waals surface area (Å²) in [4.78, 5) is 0. The molecule has 0 bridgehead atoms. The van der Waals surface area contributed by atoms with Crippen LogP contribution in [0, 0.1) is 0 Å². The Morgan fingerprint density at radius 2 is 1.61 bits per heavy atom. The van der Waals surface area contributed by atoms with Gasteiger partial charge in [0, 0.05) is 6.04 Å². The predicted octanol–water partition coefficient (Wildman–Crippen LogP) is 4.46. The maximum absolute atomic E-state index is 10.2. The van der Waals surface area contributed by atoms with E-state index in [2.05, 4.69) is 26.0 Å². The van der Waals surface area contributed by atoms with Gasteiger partial charge in [-0.15, -0.1) is 0 Å². The zero-order chi connectivity index (χ0) is 16.7. The van der Waals surface area contributed by atoms with E-state index in [0.29, 0.717) is 6.42 Å². The van der Waals surface area contributed by atoms with Crippen LogP contribution >= 0.6 is 0 Å². The summed E-state index contributed by atoms with van der Waals surface area (Å²) in [5.41, 5.74) is 7.18. The summed E-state index contributed by atoms with van der Waals surface area (Å²) in [6.07, 6.45) is 2.08. The molecule has 0 amide bonds. The van der Waals surface area contributed by atoms with E-state index < -0.39 is 6.10 Å². The molecule has 0 saturated carbocycles. The van der Waals surface area contributed by atoms with Crippen LogP contribution in [0.15, 0.2) is 54.6 Å². The largest absolute Gasteiger partial charge is 0.457 e. The molecular formula is C20H27NO2. The molecule has 0 fully saturated rings. The monoisotopic (exact) mass is 313 g/mol. The average Bonchev–Trinajstić information content (AvgIpc) is 2.56. The molecule has 23 heavy (non-hydrogen) atoms. The molecule has 0 aromatic heterocycles. The smallest absolute Gasteiger partial charge is 0.127 e. The lowest BCUT2D eigenvalue weighted by Crippen LogP contribution is -2.35. The quantitative estimate of drug-likeness (QED) is 0.756. The van der Waals surface area contributed by atoms with Gasteiger partial charge in [0.2, 0.25) is 0 Å². The normalized spacial score (nSPS) is 15.0. The fourth-order valence-corrected chi connectivity index (χ4v) is 2.69. The zero-order valence-electron chi connectivity index (χ0n) is 14.0. The summed E-state index contributed by atoms with van der Waals surface area (Å²) in [6, 6.07) is 17.6. The second-order valence-corrected chi connectivity index (χ2v) is 6.14. The molecule has 0 aliphatic carbocycles. The number of nitrogens with two attached hydrogens (primary N) is 1. The van der Waals surface area contributed by atoms with E-state index in [-0.39, 0.29) is 12.0 Å². The third kappa shape index (κ3) is 5.38. The van der Waals surface area contributed by atoms with Crippen LogP contribution in [-0.2, 0) is 0 Å². The van der Waals surface area contributed by atoms with Crippen LogP contribution in [0.5, 0.6) is 11.5 Å². The minimum Gasteiger partial charge on any atom is -0.457 e. The lowest BCUT2D eigenvalue weighted by atomic mass is 9.91. The van der Waals surface area contributed by atoms with E-state index in [4.69, 9.17) is 10.5 Å². The highest BCUT2D eigenvalue weighted by atomic mass is 16.5. The van der Waals surface area contributed by atoms with Gasteiger partial charge in [0.1, 0.15) is 11.5 Å². The highest BCUT2D eigenvalue weighted by molar-refractivity contribution is 5.34. The van der Waals surface area contributed by atoms with Crippen molar-refractivity contribution in [2.45, 2.75) is 51.2 Å². The van der Waals surface area contributed by atoms with Crippen LogP contribution < -0.4 is 10.5 Å². The number of hydrogen-bond donors (Lipinski definition) is 2. The van der Waals surface area contributed by atoms with Gasteiger partial charge in [-0.2, -0.15) is 0 Å². The number of aliphatic hydroxyl groups is 1. The van der Waals surface area contributed by atoms with E-state index in [1.54, 1.807) is 0 Å². The lowest BCUT2D eigenvalue weighted by molar-refractivity contribution is 0.124. The van der Waals surface area contributed by atoms with Crippen molar-refractivity contribution in [3.63, 3.8) is 0 Å². The SMILES string of the molecule is CCCC(N)C(O)CC(C)c1ccc(Oc2ccccc2)cc1. The molecule has 0 heterocycles. The van der Waals surface area contributed by atoms with E-state index in [9.17, 15) is 5.11 Å². The topological polar surface area (TPSA) is 55.5 Å². The molecule has 0 radical (unpaired) electrons. The minimum atomic E-state index is -0.454. The highest BCUT2D eigenvalue weighted by Gasteiger charge is 2.18. The first-order chi connectivity index (χ1) is 11.1. The Morgan fingerprint density at radius 3 is 2.22 bits per heavy atom. The van der Waals surface area contributed by atoms with Gasteiger partial charge in [-0.1, -0.05) is 50.6 Å². The molecule has 3 atom stereocenters. The first-order valence-corrected chi connectivity index (χ1v) is 8.36. The van der Waals surface area contributed by atoms with Crippen molar-refractivity contribution < 1.29 is 9.84 Å². The number of rotatable bonds is 8. The van der Waals surface area contributed by atoms with Crippen LogP contribution in [0.3, 0.4) is 0 Å². The first kappa shape index (κ1) is 17.5. The fraction of sp³-hybridized carbons (Fsp3) is 0.400. The van der Waals surface area contributed by atoms with Crippen LogP contribution in [0.2, 0.25) is 0 Å². The Kier molecular flexibility index (Phi) is 6.63. The van der Waals surface area contributed by atoms with Gasteiger partial charge in [-0.25, -0.2) is 0 Å². The van der Waals surface area contributed by atoms with Crippen molar-refractivity contribution in [1.82, 2.24) is 0 Å². The molecular weight excluding hydrogens is 286 g/mol. The molecule has 0 saturated heterocycles. The number of hydrogen-bond acceptors (Lipinski definition) is 3. The molecule has 0 aliphatic heterocycles. The van der Waals surface area contributed by atoms with Crippen LogP contribution in [0.4, 0.5) is 0 Å². The third-order valence-corrected chi connectivity index (χ3v) is 4.14. The van der Waals surface area contributed by atoms with E-state index >= 15 is 0 Å². The summed E-state index contributed by atoms with van der Waals surface area (Å²) in [5, 5.41) is 10.2. The molecule has 3 heteroatoms. The third-order valence-electron chi connectivity index (χ3n) is 4.14. The van der Waals surface area contributed by atoms with Gasteiger partial charge in [0.05, 0.1) is 6.10 Å². The molecule has 3 unspecified atom stereocenters. The van der Waals surface area contributed by atoms with Gasteiger partial charge in [0.25, 0.3) is 0 Å². The summed E-state index contributed by atoms with van der Waals surface area (Å²) in [6.45, 7) is 4.20. The Balaban J connectivity index is 1.93. The van der Waals surface area contributed by atoms with Crippen molar-refractivity contribution in [1.29, 1.82) is 0 Å². The maximum atomic E-state index is 10.2. The number of aliphatic hydroxyl groups excluding tert-OH is 1. The standard InChI is InChI=1S/C20H27NO2/c1-3-7-19(21)20(22)14-15(2)16-10-12-18(13-11-16)23-17-8-5-4-6-9-17/h4-6,8-13,15,19-20,22H,3,7,14,21H2,1-2H3. The summed E-state index contributed by atoms with van der Waals surface area (Å²) >= 11 is 0. The molecule has 3 nitrogen and oxygen atoms in total.